The fourth-order valence-electron chi connectivity index (χ4n) is 3.64. The van der Waals surface area contributed by atoms with Gasteiger partial charge in [-0.05, 0) is 44.3 Å². The van der Waals surface area contributed by atoms with E-state index in [0.29, 0.717) is 10.2 Å². The predicted octanol–water partition coefficient (Wildman–Crippen LogP) is 4.58. The van der Waals surface area contributed by atoms with E-state index in [1.54, 1.807) is 6.07 Å². The van der Waals surface area contributed by atoms with Gasteiger partial charge in [0.1, 0.15) is 24.7 Å². The zero-order valence-electron chi connectivity index (χ0n) is 15.3. The Kier molecular flexibility index (Phi) is 5.40. The Hall–Kier alpha value is -3.06. The van der Waals surface area contributed by atoms with Gasteiger partial charge in [-0.25, -0.2) is 9.59 Å². The van der Waals surface area contributed by atoms with Gasteiger partial charge in [-0.3, -0.25) is 0 Å². The van der Waals surface area contributed by atoms with E-state index in [-0.39, 0.29) is 18.9 Å². The Morgan fingerprint density at radius 3 is 2.28 bits per heavy atom. The van der Waals surface area contributed by atoms with Gasteiger partial charge in [-0.2, -0.15) is 0 Å². The fourth-order valence-corrected chi connectivity index (χ4v) is 3.99. The van der Waals surface area contributed by atoms with Crippen LogP contribution in [0.4, 0.5) is 4.79 Å². The van der Waals surface area contributed by atoms with Crippen LogP contribution in [0.15, 0.2) is 69.8 Å². The van der Waals surface area contributed by atoms with Crippen LogP contribution in [-0.4, -0.2) is 29.8 Å². The highest BCUT2D eigenvalue weighted by atomic mass is 79.9. The first-order valence-corrected chi connectivity index (χ1v) is 9.89. The third kappa shape index (κ3) is 4.05. The maximum absolute atomic E-state index is 12.3. The summed E-state index contributed by atoms with van der Waals surface area (Å²) in [4.78, 5) is 23.8. The van der Waals surface area contributed by atoms with Crippen LogP contribution >= 0.6 is 15.9 Å². The summed E-state index contributed by atoms with van der Waals surface area (Å²) in [7, 11) is 0. The molecule has 6 nitrogen and oxygen atoms in total. The molecule has 2 N–H and O–H groups in total. The van der Waals surface area contributed by atoms with Gasteiger partial charge in [-0.15, -0.1) is 0 Å². The lowest BCUT2D eigenvalue weighted by atomic mass is 9.98. The number of nitrogens with one attached hydrogen (secondary N) is 1. The molecule has 0 fully saturated rings. The Morgan fingerprint density at radius 2 is 1.72 bits per heavy atom. The van der Waals surface area contributed by atoms with Gasteiger partial charge in [0.05, 0.1) is 4.47 Å². The number of aliphatic carboxylic acids is 1. The van der Waals surface area contributed by atoms with Crippen molar-refractivity contribution in [2.24, 2.45) is 0 Å². The standard InChI is InChI=1S/C22H18BrNO5/c23-13-9-14(28-11-13)10-20(21(25)26)24-22(27)29-12-19-17-7-3-1-5-15(17)16-6-2-4-8-18(16)19/h1-9,11,19-20H,10,12H2,(H,24,27)(H,25,26). The van der Waals surface area contributed by atoms with E-state index < -0.39 is 18.1 Å². The van der Waals surface area contributed by atoms with E-state index in [0.717, 1.165) is 22.3 Å². The van der Waals surface area contributed by atoms with Gasteiger partial charge in [0.2, 0.25) is 0 Å². The van der Waals surface area contributed by atoms with Crippen molar-refractivity contribution in [3.05, 3.63) is 82.2 Å². The molecule has 0 bridgehead atoms. The number of benzene rings is 2. The molecule has 2 aromatic carbocycles. The molecule has 0 saturated heterocycles. The molecule has 1 atom stereocenters. The molecule has 0 aliphatic heterocycles. The molecule has 148 valence electrons. The number of carboxylic acids is 1. The van der Waals surface area contributed by atoms with E-state index in [1.165, 1.54) is 6.26 Å². The van der Waals surface area contributed by atoms with E-state index in [4.69, 9.17) is 9.15 Å². The van der Waals surface area contributed by atoms with Crippen LogP contribution in [-0.2, 0) is 16.0 Å². The number of alkyl carbamates (subject to hydrolysis) is 1. The van der Waals surface area contributed by atoms with Crippen molar-refractivity contribution >= 4 is 28.0 Å². The van der Waals surface area contributed by atoms with Crippen molar-refractivity contribution in [3.8, 4) is 11.1 Å². The third-order valence-corrected chi connectivity index (χ3v) is 5.38. The first-order valence-electron chi connectivity index (χ1n) is 9.10. The molecule has 1 aliphatic carbocycles. The summed E-state index contributed by atoms with van der Waals surface area (Å²) in [6.45, 7) is 0.124. The lowest BCUT2D eigenvalue weighted by Crippen LogP contribution is -2.42. The number of amides is 1. The number of furan rings is 1. The summed E-state index contributed by atoms with van der Waals surface area (Å²) in [5, 5.41) is 11.8. The number of hydrogen-bond donors (Lipinski definition) is 2. The highest BCUT2D eigenvalue weighted by molar-refractivity contribution is 9.10. The van der Waals surface area contributed by atoms with Gasteiger partial charge in [0, 0.05) is 12.3 Å². The van der Waals surface area contributed by atoms with Crippen LogP contribution in [0.1, 0.15) is 22.8 Å². The fraction of sp³-hybridized carbons (Fsp3) is 0.182. The third-order valence-electron chi connectivity index (χ3n) is 4.96. The zero-order valence-corrected chi connectivity index (χ0v) is 16.9. The SMILES string of the molecule is O=C(NC(Cc1cc(Br)co1)C(=O)O)OCC1c2ccccc2-c2ccccc21. The Morgan fingerprint density at radius 1 is 1.10 bits per heavy atom. The molecule has 4 rings (SSSR count). The summed E-state index contributed by atoms with van der Waals surface area (Å²) in [6, 6.07) is 16.5. The van der Waals surface area contributed by atoms with Crippen LogP contribution in [0.2, 0.25) is 0 Å². The number of fused-ring (bicyclic) bond motifs is 3. The van der Waals surface area contributed by atoms with Crippen LogP contribution in [0.3, 0.4) is 0 Å². The number of carboxylic acid groups (broad SMARTS) is 1. The maximum Gasteiger partial charge on any atom is 0.407 e. The van der Waals surface area contributed by atoms with Crippen LogP contribution < -0.4 is 5.32 Å². The van der Waals surface area contributed by atoms with Crippen molar-refractivity contribution in [2.75, 3.05) is 6.61 Å². The molecule has 1 amide bonds. The Bertz CT molecular complexity index is 1020. The van der Waals surface area contributed by atoms with E-state index in [2.05, 4.69) is 33.4 Å². The van der Waals surface area contributed by atoms with Crippen LogP contribution in [0.25, 0.3) is 11.1 Å². The van der Waals surface area contributed by atoms with Gasteiger partial charge in [0.25, 0.3) is 0 Å². The molecule has 7 heteroatoms. The first kappa shape index (κ1) is 19.3. The molecule has 0 spiro atoms. The summed E-state index contributed by atoms with van der Waals surface area (Å²) in [6.07, 6.45) is 0.706. The summed E-state index contributed by atoms with van der Waals surface area (Å²) < 4.78 is 11.4. The summed E-state index contributed by atoms with van der Waals surface area (Å²) >= 11 is 3.25. The minimum atomic E-state index is -1.16. The topological polar surface area (TPSA) is 88.8 Å². The first-order chi connectivity index (χ1) is 14.0. The van der Waals surface area contributed by atoms with Crippen molar-refractivity contribution in [1.82, 2.24) is 5.32 Å². The zero-order chi connectivity index (χ0) is 20.4. The molecule has 1 heterocycles. The number of hydrogen-bond acceptors (Lipinski definition) is 4. The van der Waals surface area contributed by atoms with E-state index in [9.17, 15) is 14.7 Å². The monoisotopic (exact) mass is 455 g/mol. The average Bonchev–Trinajstić information content (AvgIpc) is 3.27. The molecule has 1 unspecified atom stereocenters. The largest absolute Gasteiger partial charge is 0.480 e. The molecule has 3 aromatic rings. The maximum atomic E-state index is 12.3. The minimum absolute atomic E-state index is 0.0190. The molecule has 1 aliphatic rings. The van der Waals surface area contributed by atoms with Crippen molar-refractivity contribution in [1.29, 1.82) is 0 Å². The summed E-state index contributed by atoms with van der Waals surface area (Å²) in [5.74, 6) is -0.799. The van der Waals surface area contributed by atoms with Crippen molar-refractivity contribution in [3.63, 3.8) is 0 Å². The average molecular weight is 456 g/mol. The lowest BCUT2D eigenvalue weighted by Gasteiger charge is -2.17. The molecular weight excluding hydrogens is 438 g/mol. The Labute approximate surface area is 175 Å². The number of ether oxygens (including phenoxy) is 1. The molecule has 29 heavy (non-hydrogen) atoms. The van der Waals surface area contributed by atoms with Gasteiger partial charge < -0.3 is 19.6 Å². The van der Waals surface area contributed by atoms with Gasteiger partial charge in [-0.1, -0.05) is 48.5 Å². The minimum Gasteiger partial charge on any atom is -0.480 e. The predicted molar refractivity (Wildman–Crippen MR) is 110 cm³/mol. The van der Waals surface area contributed by atoms with Crippen molar-refractivity contribution in [2.45, 2.75) is 18.4 Å². The van der Waals surface area contributed by atoms with Crippen LogP contribution in [0, 0.1) is 0 Å². The molecular formula is C22H18BrNO5. The quantitative estimate of drug-likeness (QED) is 0.567. The normalized spacial score (nSPS) is 13.4. The highest BCUT2D eigenvalue weighted by Crippen LogP contribution is 2.44. The van der Waals surface area contributed by atoms with Gasteiger partial charge in [0.15, 0.2) is 0 Å². The second-order valence-corrected chi connectivity index (χ2v) is 7.71. The van der Waals surface area contributed by atoms with Gasteiger partial charge >= 0.3 is 12.1 Å². The van der Waals surface area contributed by atoms with E-state index in [1.807, 2.05) is 36.4 Å². The second kappa shape index (κ2) is 8.13. The highest BCUT2D eigenvalue weighted by Gasteiger charge is 2.30. The number of rotatable bonds is 6. The number of carbonyl (C=O) groups excluding carboxylic acids is 1. The van der Waals surface area contributed by atoms with E-state index >= 15 is 0 Å². The Balaban J connectivity index is 1.43. The molecule has 0 radical (unpaired) electrons. The molecule has 1 aromatic heterocycles. The number of halogens is 1. The smallest absolute Gasteiger partial charge is 0.407 e. The summed E-state index contributed by atoms with van der Waals surface area (Å²) in [5.41, 5.74) is 4.45. The molecule has 0 saturated carbocycles. The second-order valence-electron chi connectivity index (χ2n) is 6.80. The van der Waals surface area contributed by atoms with Crippen molar-refractivity contribution < 1.29 is 23.8 Å². The van der Waals surface area contributed by atoms with Crippen LogP contribution in [0.5, 0.6) is 0 Å². The lowest BCUT2D eigenvalue weighted by molar-refractivity contribution is -0.139. The number of carbonyl (C=O) groups is 2.